The fourth-order valence-corrected chi connectivity index (χ4v) is 1.32. The minimum atomic E-state index is -0.991. The first-order valence-electron chi connectivity index (χ1n) is 3.50. The molecular formula is C9H7FO2S. The van der Waals surface area contributed by atoms with E-state index in [2.05, 4.69) is 0 Å². The Morgan fingerprint density at radius 1 is 1.38 bits per heavy atom. The van der Waals surface area contributed by atoms with Crippen LogP contribution in [0.5, 0.6) is 0 Å². The van der Waals surface area contributed by atoms with E-state index < -0.39 is 5.97 Å². The third-order valence-corrected chi connectivity index (χ3v) is 2.04. The molecule has 4 heteroatoms. The lowest BCUT2D eigenvalue weighted by molar-refractivity contribution is -0.131. The summed E-state index contributed by atoms with van der Waals surface area (Å²) >= 11 is 1.23. The average molecular weight is 198 g/mol. The highest BCUT2D eigenvalue weighted by molar-refractivity contribution is 8.02. The summed E-state index contributed by atoms with van der Waals surface area (Å²) in [6.45, 7) is 0. The molecule has 0 aliphatic carbocycles. The maximum Gasteiger partial charge on any atom is 0.328 e. The highest BCUT2D eigenvalue weighted by atomic mass is 32.2. The van der Waals surface area contributed by atoms with E-state index in [1.807, 2.05) is 0 Å². The minimum Gasteiger partial charge on any atom is -0.478 e. The van der Waals surface area contributed by atoms with Crippen molar-refractivity contribution in [1.82, 2.24) is 0 Å². The highest BCUT2D eigenvalue weighted by Gasteiger charge is 1.92. The zero-order valence-corrected chi connectivity index (χ0v) is 7.42. The summed E-state index contributed by atoms with van der Waals surface area (Å²) in [6, 6.07) is 5.84. The van der Waals surface area contributed by atoms with Crippen LogP contribution in [0.25, 0.3) is 0 Å². The monoisotopic (exact) mass is 198 g/mol. The summed E-state index contributed by atoms with van der Waals surface area (Å²) in [5.74, 6) is -1.29. The number of carboxylic acids is 1. The molecule has 0 spiro atoms. The van der Waals surface area contributed by atoms with Crippen molar-refractivity contribution in [3.05, 3.63) is 41.6 Å². The number of carbonyl (C=O) groups is 1. The Bertz CT molecular complexity index is 319. The van der Waals surface area contributed by atoms with Gasteiger partial charge in [-0.25, -0.2) is 9.18 Å². The van der Waals surface area contributed by atoms with E-state index in [4.69, 9.17) is 5.11 Å². The van der Waals surface area contributed by atoms with E-state index in [1.54, 1.807) is 12.1 Å². The summed E-state index contributed by atoms with van der Waals surface area (Å²) in [6.07, 6.45) is 1.04. The number of hydrogen-bond acceptors (Lipinski definition) is 2. The van der Waals surface area contributed by atoms with Crippen molar-refractivity contribution in [2.45, 2.75) is 4.90 Å². The normalized spacial score (nSPS) is 10.5. The quantitative estimate of drug-likeness (QED) is 0.599. The van der Waals surface area contributed by atoms with Crippen LogP contribution in [-0.4, -0.2) is 11.1 Å². The third-order valence-electron chi connectivity index (χ3n) is 1.23. The van der Waals surface area contributed by atoms with Gasteiger partial charge in [0.05, 0.1) is 0 Å². The summed E-state index contributed by atoms with van der Waals surface area (Å²) in [5, 5.41) is 9.72. The van der Waals surface area contributed by atoms with Crippen LogP contribution in [0.2, 0.25) is 0 Å². The zero-order chi connectivity index (χ0) is 9.68. The predicted octanol–water partition coefficient (Wildman–Crippen LogP) is 2.52. The Kier molecular flexibility index (Phi) is 3.52. The fourth-order valence-electron chi connectivity index (χ4n) is 0.684. The van der Waals surface area contributed by atoms with Crippen LogP contribution in [0.3, 0.4) is 0 Å². The molecule has 0 unspecified atom stereocenters. The van der Waals surface area contributed by atoms with E-state index in [1.165, 1.54) is 29.3 Å². The maximum absolute atomic E-state index is 12.4. The van der Waals surface area contributed by atoms with E-state index >= 15 is 0 Å². The van der Waals surface area contributed by atoms with Crippen molar-refractivity contribution >= 4 is 17.7 Å². The molecule has 1 rings (SSSR count). The Labute approximate surface area is 79.1 Å². The Balaban J connectivity index is 2.55. The van der Waals surface area contributed by atoms with Gasteiger partial charge < -0.3 is 5.11 Å². The van der Waals surface area contributed by atoms with Crippen molar-refractivity contribution < 1.29 is 14.3 Å². The van der Waals surface area contributed by atoms with Gasteiger partial charge in [0.15, 0.2) is 0 Å². The molecule has 0 aromatic heterocycles. The molecule has 0 bridgehead atoms. The third kappa shape index (κ3) is 3.75. The van der Waals surface area contributed by atoms with Crippen molar-refractivity contribution in [3.8, 4) is 0 Å². The summed E-state index contributed by atoms with van der Waals surface area (Å²) in [7, 11) is 0. The largest absolute Gasteiger partial charge is 0.478 e. The van der Waals surface area contributed by atoms with Gasteiger partial charge in [0.2, 0.25) is 0 Å². The van der Waals surface area contributed by atoms with Gasteiger partial charge in [-0.05, 0) is 29.7 Å². The molecule has 0 aliphatic rings. The Morgan fingerprint density at radius 2 is 2.00 bits per heavy atom. The second-order valence-electron chi connectivity index (χ2n) is 2.21. The van der Waals surface area contributed by atoms with Crippen molar-refractivity contribution in [3.63, 3.8) is 0 Å². The van der Waals surface area contributed by atoms with Gasteiger partial charge in [-0.2, -0.15) is 0 Å². The van der Waals surface area contributed by atoms with E-state index in [9.17, 15) is 9.18 Å². The van der Waals surface area contributed by atoms with Gasteiger partial charge in [-0.3, -0.25) is 0 Å². The zero-order valence-electron chi connectivity index (χ0n) is 6.61. The van der Waals surface area contributed by atoms with Gasteiger partial charge in [-0.15, -0.1) is 0 Å². The lowest BCUT2D eigenvalue weighted by Gasteiger charge is -1.93. The smallest absolute Gasteiger partial charge is 0.328 e. The van der Waals surface area contributed by atoms with Crippen LogP contribution < -0.4 is 0 Å². The number of aliphatic carboxylic acids is 1. The number of halogens is 1. The molecule has 0 fully saturated rings. The van der Waals surface area contributed by atoms with Gasteiger partial charge in [0.25, 0.3) is 0 Å². The maximum atomic E-state index is 12.4. The molecule has 1 aromatic carbocycles. The Morgan fingerprint density at radius 3 is 2.54 bits per heavy atom. The molecular weight excluding hydrogens is 191 g/mol. The molecule has 68 valence electrons. The summed E-state index contributed by atoms with van der Waals surface area (Å²) in [5.41, 5.74) is 0. The van der Waals surface area contributed by atoms with E-state index in [-0.39, 0.29) is 5.82 Å². The molecule has 0 amide bonds. The molecule has 0 saturated carbocycles. The van der Waals surface area contributed by atoms with Crippen molar-refractivity contribution in [1.29, 1.82) is 0 Å². The molecule has 0 radical (unpaired) electrons. The average Bonchev–Trinajstić information content (AvgIpc) is 2.08. The standard InChI is InChI=1S/C9H7FO2S/c10-7-1-3-8(4-2-7)13-6-5-9(11)12/h1-6H,(H,11,12)/b6-5-. The van der Waals surface area contributed by atoms with Crippen LogP contribution in [0.1, 0.15) is 0 Å². The number of benzene rings is 1. The fraction of sp³-hybridized carbons (Fsp3) is 0. The van der Waals surface area contributed by atoms with E-state index in [0.29, 0.717) is 0 Å². The predicted molar refractivity (Wildman–Crippen MR) is 49.0 cm³/mol. The first-order chi connectivity index (χ1) is 6.18. The molecule has 1 N–H and O–H groups in total. The number of carboxylic acid groups (broad SMARTS) is 1. The molecule has 1 aromatic rings. The molecule has 2 nitrogen and oxygen atoms in total. The SMILES string of the molecule is O=C(O)/C=C\Sc1ccc(F)cc1. The van der Waals surface area contributed by atoms with Crippen molar-refractivity contribution in [2.24, 2.45) is 0 Å². The van der Waals surface area contributed by atoms with Crippen molar-refractivity contribution in [2.75, 3.05) is 0 Å². The van der Waals surface area contributed by atoms with Crippen LogP contribution >= 0.6 is 11.8 Å². The Hall–Kier alpha value is -1.29. The lowest BCUT2D eigenvalue weighted by atomic mass is 10.4. The second-order valence-corrected chi connectivity index (χ2v) is 3.19. The first kappa shape index (κ1) is 9.80. The number of rotatable bonds is 3. The van der Waals surface area contributed by atoms with Crippen LogP contribution in [0.4, 0.5) is 4.39 Å². The first-order valence-corrected chi connectivity index (χ1v) is 4.38. The second kappa shape index (κ2) is 4.67. The molecule has 0 atom stereocenters. The molecule has 0 aliphatic heterocycles. The van der Waals surface area contributed by atoms with Gasteiger partial charge >= 0.3 is 5.97 Å². The summed E-state index contributed by atoms with van der Waals surface area (Å²) in [4.78, 5) is 10.9. The minimum absolute atomic E-state index is 0.299. The molecule has 0 saturated heterocycles. The van der Waals surface area contributed by atoms with Gasteiger partial charge in [-0.1, -0.05) is 11.8 Å². The lowest BCUT2D eigenvalue weighted by Crippen LogP contribution is -1.84. The summed E-state index contributed by atoms with van der Waals surface area (Å²) < 4.78 is 12.4. The van der Waals surface area contributed by atoms with Crippen LogP contribution in [-0.2, 0) is 4.79 Å². The molecule has 0 heterocycles. The molecule has 13 heavy (non-hydrogen) atoms. The van der Waals surface area contributed by atoms with Gasteiger partial charge in [0, 0.05) is 11.0 Å². The van der Waals surface area contributed by atoms with Gasteiger partial charge in [0.1, 0.15) is 5.82 Å². The number of hydrogen-bond donors (Lipinski definition) is 1. The highest BCUT2D eigenvalue weighted by Crippen LogP contribution is 2.18. The van der Waals surface area contributed by atoms with Crippen LogP contribution in [0.15, 0.2) is 40.6 Å². The number of thioether (sulfide) groups is 1. The topological polar surface area (TPSA) is 37.3 Å². The van der Waals surface area contributed by atoms with Crippen LogP contribution in [0, 0.1) is 5.82 Å². The van der Waals surface area contributed by atoms with E-state index in [0.717, 1.165) is 11.0 Å².